The second-order valence-electron chi connectivity index (χ2n) is 4.63. The topological polar surface area (TPSA) is 67.2 Å². The first-order valence-electron chi connectivity index (χ1n) is 6.76. The number of nitrogens with one attached hydrogen (secondary N) is 2. The Balaban J connectivity index is 2.00. The van der Waals surface area contributed by atoms with E-state index in [1.807, 2.05) is 13.0 Å². The maximum atomic E-state index is 13.1. The molecule has 0 aliphatic heterocycles. The number of benzene rings is 1. The van der Waals surface area contributed by atoms with Gasteiger partial charge in [0.15, 0.2) is 0 Å². The number of thiophene rings is 1. The zero-order valence-corrected chi connectivity index (χ0v) is 12.6. The Bertz CT molecular complexity index is 627. The van der Waals surface area contributed by atoms with Crippen molar-refractivity contribution in [3.63, 3.8) is 0 Å². The van der Waals surface area contributed by atoms with E-state index in [0.29, 0.717) is 23.7 Å². The van der Waals surface area contributed by atoms with Crippen molar-refractivity contribution in [2.75, 3.05) is 17.6 Å². The summed E-state index contributed by atoms with van der Waals surface area (Å²) in [7, 11) is 0. The van der Waals surface area contributed by atoms with Crippen LogP contribution in [0.3, 0.4) is 0 Å². The van der Waals surface area contributed by atoms with Gasteiger partial charge < -0.3 is 16.4 Å². The highest BCUT2D eigenvalue weighted by Gasteiger charge is 2.13. The number of nitrogens with two attached hydrogens (primary N) is 1. The molecular weight excluding hydrogens is 289 g/mol. The predicted molar refractivity (Wildman–Crippen MR) is 85.1 cm³/mol. The fourth-order valence-electron chi connectivity index (χ4n) is 1.82. The van der Waals surface area contributed by atoms with Crippen LogP contribution in [0, 0.1) is 5.82 Å². The Morgan fingerprint density at radius 2 is 2.19 bits per heavy atom. The van der Waals surface area contributed by atoms with Gasteiger partial charge in [0.05, 0.1) is 10.7 Å². The molecule has 0 saturated carbocycles. The van der Waals surface area contributed by atoms with Crippen molar-refractivity contribution < 1.29 is 9.18 Å². The highest BCUT2D eigenvalue weighted by atomic mass is 32.1. The largest absolute Gasteiger partial charge is 0.397 e. The Labute approximate surface area is 127 Å². The molecule has 112 valence electrons. The normalized spacial score (nSPS) is 10.4. The van der Waals surface area contributed by atoms with Crippen LogP contribution in [0.25, 0.3) is 0 Å². The molecule has 4 N–H and O–H groups in total. The molecule has 21 heavy (non-hydrogen) atoms. The third kappa shape index (κ3) is 4.19. The van der Waals surface area contributed by atoms with Gasteiger partial charge in [-0.25, -0.2) is 4.39 Å². The third-order valence-electron chi connectivity index (χ3n) is 2.86. The molecule has 2 rings (SSSR count). The van der Waals surface area contributed by atoms with Crippen molar-refractivity contribution in [3.05, 3.63) is 46.6 Å². The molecular formula is C15H18FN3OS. The number of anilines is 2. The molecule has 0 fully saturated rings. The van der Waals surface area contributed by atoms with Crippen LogP contribution < -0.4 is 16.4 Å². The molecule has 0 saturated heterocycles. The monoisotopic (exact) mass is 307 g/mol. The molecule has 0 spiro atoms. The van der Waals surface area contributed by atoms with Crippen molar-refractivity contribution in [1.29, 1.82) is 0 Å². The quantitative estimate of drug-likeness (QED) is 0.767. The Morgan fingerprint density at radius 1 is 1.38 bits per heavy atom. The zero-order chi connectivity index (χ0) is 15.2. The Morgan fingerprint density at radius 3 is 2.90 bits per heavy atom. The van der Waals surface area contributed by atoms with Crippen LogP contribution in [0.5, 0.6) is 0 Å². The number of carbonyl (C=O) groups is 1. The van der Waals surface area contributed by atoms with Crippen LogP contribution in [-0.2, 0) is 6.54 Å². The van der Waals surface area contributed by atoms with Crippen LogP contribution in [0.2, 0.25) is 0 Å². The molecule has 0 atom stereocenters. The van der Waals surface area contributed by atoms with Crippen LogP contribution in [-0.4, -0.2) is 12.5 Å². The SMILES string of the molecule is CCCNC(=O)c1sc(NCc2cccc(F)c2)cc1N. The first-order chi connectivity index (χ1) is 10.1. The number of nitrogen functional groups attached to an aromatic ring is 1. The summed E-state index contributed by atoms with van der Waals surface area (Å²) in [6, 6.07) is 8.10. The fraction of sp³-hybridized carbons (Fsp3) is 0.267. The van der Waals surface area contributed by atoms with Gasteiger partial charge in [0.25, 0.3) is 5.91 Å². The fourth-order valence-corrected chi connectivity index (χ4v) is 2.72. The molecule has 1 heterocycles. The molecule has 0 bridgehead atoms. The Kier molecular flexibility index (Phi) is 5.16. The third-order valence-corrected chi connectivity index (χ3v) is 3.97. The van der Waals surface area contributed by atoms with Crippen molar-refractivity contribution >= 4 is 27.9 Å². The van der Waals surface area contributed by atoms with Crippen LogP contribution in [0.1, 0.15) is 28.6 Å². The van der Waals surface area contributed by atoms with Crippen molar-refractivity contribution in [2.45, 2.75) is 19.9 Å². The summed E-state index contributed by atoms with van der Waals surface area (Å²) in [6.45, 7) is 3.10. The van der Waals surface area contributed by atoms with E-state index < -0.39 is 0 Å². The number of rotatable bonds is 6. The summed E-state index contributed by atoms with van der Waals surface area (Å²) >= 11 is 1.30. The van der Waals surface area contributed by atoms with Gasteiger partial charge in [0.2, 0.25) is 0 Å². The van der Waals surface area contributed by atoms with Gasteiger partial charge in [-0.3, -0.25) is 4.79 Å². The standard InChI is InChI=1S/C15H18FN3OS/c1-2-6-18-15(20)14-12(17)8-13(21-14)19-9-10-4-3-5-11(16)7-10/h3-5,7-8,19H,2,6,9,17H2,1H3,(H,18,20). The summed E-state index contributed by atoms with van der Waals surface area (Å²) in [5, 5.41) is 6.74. The van der Waals surface area contributed by atoms with E-state index in [1.165, 1.54) is 23.5 Å². The van der Waals surface area contributed by atoms with Gasteiger partial charge in [0.1, 0.15) is 10.7 Å². The minimum absolute atomic E-state index is 0.154. The lowest BCUT2D eigenvalue weighted by atomic mass is 10.2. The lowest BCUT2D eigenvalue weighted by molar-refractivity contribution is 0.0958. The van der Waals surface area contributed by atoms with Gasteiger partial charge in [-0.05, 0) is 30.2 Å². The summed E-state index contributed by atoms with van der Waals surface area (Å²) in [4.78, 5) is 12.4. The summed E-state index contributed by atoms with van der Waals surface area (Å²) < 4.78 is 13.1. The zero-order valence-electron chi connectivity index (χ0n) is 11.8. The van der Waals surface area contributed by atoms with Crippen molar-refractivity contribution in [2.24, 2.45) is 0 Å². The molecule has 0 aliphatic rings. The average Bonchev–Trinajstić information content (AvgIpc) is 2.84. The van der Waals surface area contributed by atoms with E-state index in [4.69, 9.17) is 5.73 Å². The number of carbonyl (C=O) groups excluding carboxylic acids is 1. The minimum atomic E-state index is -0.264. The smallest absolute Gasteiger partial charge is 0.263 e. The molecule has 0 radical (unpaired) electrons. The minimum Gasteiger partial charge on any atom is -0.397 e. The van der Waals surface area contributed by atoms with E-state index in [2.05, 4.69) is 10.6 Å². The van der Waals surface area contributed by atoms with Crippen LogP contribution >= 0.6 is 11.3 Å². The van der Waals surface area contributed by atoms with E-state index >= 15 is 0 Å². The summed E-state index contributed by atoms with van der Waals surface area (Å²) in [5.41, 5.74) is 7.14. The van der Waals surface area contributed by atoms with Gasteiger partial charge in [0, 0.05) is 13.1 Å². The van der Waals surface area contributed by atoms with Gasteiger partial charge in [-0.15, -0.1) is 11.3 Å². The molecule has 0 unspecified atom stereocenters. The highest BCUT2D eigenvalue weighted by Crippen LogP contribution is 2.29. The van der Waals surface area contributed by atoms with Gasteiger partial charge in [-0.1, -0.05) is 19.1 Å². The van der Waals surface area contributed by atoms with Gasteiger partial charge >= 0.3 is 0 Å². The summed E-state index contributed by atoms with van der Waals surface area (Å²) in [5.74, 6) is -0.419. The van der Waals surface area contributed by atoms with Crippen molar-refractivity contribution in [1.82, 2.24) is 5.32 Å². The van der Waals surface area contributed by atoms with Gasteiger partial charge in [-0.2, -0.15) is 0 Å². The number of halogens is 1. The molecule has 2 aromatic rings. The molecule has 0 aliphatic carbocycles. The maximum absolute atomic E-state index is 13.1. The first kappa shape index (κ1) is 15.3. The number of hydrogen-bond donors (Lipinski definition) is 3. The van der Waals surface area contributed by atoms with Crippen LogP contribution in [0.4, 0.5) is 15.1 Å². The molecule has 6 heteroatoms. The number of amides is 1. The highest BCUT2D eigenvalue weighted by molar-refractivity contribution is 7.18. The summed E-state index contributed by atoms with van der Waals surface area (Å²) in [6.07, 6.45) is 0.877. The first-order valence-corrected chi connectivity index (χ1v) is 7.57. The second-order valence-corrected chi connectivity index (χ2v) is 5.69. The van der Waals surface area contributed by atoms with E-state index in [1.54, 1.807) is 12.1 Å². The molecule has 4 nitrogen and oxygen atoms in total. The predicted octanol–water partition coefficient (Wildman–Crippen LogP) is 3.22. The average molecular weight is 307 g/mol. The molecule has 1 aromatic heterocycles. The molecule has 1 amide bonds. The van der Waals surface area contributed by atoms with Crippen LogP contribution in [0.15, 0.2) is 30.3 Å². The maximum Gasteiger partial charge on any atom is 0.263 e. The lowest BCUT2D eigenvalue weighted by Gasteiger charge is -2.03. The van der Waals surface area contributed by atoms with E-state index in [0.717, 1.165) is 17.0 Å². The van der Waals surface area contributed by atoms with Crippen molar-refractivity contribution in [3.8, 4) is 0 Å². The number of hydrogen-bond acceptors (Lipinski definition) is 4. The second kappa shape index (κ2) is 7.08. The molecule has 1 aromatic carbocycles. The van der Waals surface area contributed by atoms with E-state index in [9.17, 15) is 9.18 Å². The lowest BCUT2D eigenvalue weighted by Crippen LogP contribution is -2.23. The Hall–Kier alpha value is -2.08. The van der Waals surface area contributed by atoms with E-state index in [-0.39, 0.29) is 11.7 Å².